The molecule has 7 heteroatoms. The van der Waals surface area contributed by atoms with E-state index in [0.29, 0.717) is 23.0 Å². The van der Waals surface area contributed by atoms with Crippen LogP contribution in [0, 0.1) is 5.92 Å². The molecule has 1 N–H and O–H groups in total. The number of likely N-dealkylation sites (N-methyl/N-ethyl adjacent to an activating group) is 1. The lowest BCUT2D eigenvalue weighted by Gasteiger charge is -2.25. The Kier molecular flexibility index (Phi) is 5.04. The average molecular weight is 371 g/mol. The molecule has 0 saturated carbocycles. The van der Waals surface area contributed by atoms with Gasteiger partial charge in [0.15, 0.2) is 0 Å². The minimum atomic E-state index is -0.746. The fourth-order valence-corrected chi connectivity index (χ4v) is 4.21. The summed E-state index contributed by atoms with van der Waals surface area (Å²) in [4.78, 5) is 27.6. The Morgan fingerprint density at radius 2 is 2.04 bits per heavy atom. The van der Waals surface area contributed by atoms with Gasteiger partial charge >= 0.3 is 5.97 Å². The van der Waals surface area contributed by atoms with Gasteiger partial charge in [-0.05, 0) is 37.0 Å². The maximum Gasteiger partial charge on any atom is 0.308 e. The molecular formula is C17H20Cl2N2O3. The number of nitrogens with zero attached hydrogens (tertiary/aromatic N) is 2. The maximum absolute atomic E-state index is 12.5. The molecule has 2 bridgehead atoms. The van der Waals surface area contributed by atoms with E-state index in [9.17, 15) is 14.7 Å². The molecule has 3 rings (SSSR count). The lowest BCUT2D eigenvalue weighted by Crippen LogP contribution is -2.41. The van der Waals surface area contributed by atoms with Crippen molar-refractivity contribution >= 4 is 35.1 Å². The number of benzene rings is 1. The van der Waals surface area contributed by atoms with Gasteiger partial charge in [0.1, 0.15) is 0 Å². The van der Waals surface area contributed by atoms with Crippen molar-refractivity contribution in [2.45, 2.75) is 37.9 Å². The predicted octanol–water partition coefficient (Wildman–Crippen LogP) is 2.89. The van der Waals surface area contributed by atoms with Crippen LogP contribution in [0.2, 0.25) is 10.0 Å². The molecule has 0 aliphatic carbocycles. The summed E-state index contributed by atoms with van der Waals surface area (Å²) in [5.41, 5.74) is 0.910. The van der Waals surface area contributed by atoms with E-state index in [2.05, 4.69) is 4.90 Å². The quantitative estimate of drug-likeness (QED) is 0.865. The van der Waals surface area contributed by atoms with Crippen molar-refractivity contribution in [1.29, 1.82) is 0 Å². The molecule has 1 amide bonds. The van der Waals surface area contributed by atoms with E-state index >= 15 is 0 Å². The summed E-state index contributed by atoms with van der Waals surface area (Å²) in [5, 5.41) is 10.3. The molecule has 2 aliphatic rings. The van der Waals surface area contributed by atoms with Crippen molar-refractivity contribution in [2.24, 2.45) is 5.92 Å². The average Bonchev–Trinajstić information content (AvgIpc) is 3.08. The molecule has 0 radical (unpaired) electrons. The lowest BCUT2D eigenvalue weighted by atomic mass is 9.89. The summed E-state index contributed by atoms with van der Waals surface area (Å²) in [6.45, 7) is 0.720. The summed E-state index contributed by atoms with van der Waals surface area (Å²) < 4.78 is 0. The van der Waals surface area contributed by atoms with E-state index in [0.717, 1.165) is 18.4 Å². The van der Waals surface area contributed by atoms with Gasteiger partial charge in [-0.2, -0.15) is 0 Å². The molecule has 0 aromatic heterocycles. The van der Waals surface area contributed by atoms with Gasteiger partial charge in [0.25, 0.3) is 0 Å². The fraction of sp³-hybridized carbons (Fsp3) is 0.529. The first-order valence-electron chi connectivity index (χ1n) is 8.03. The van der Waals surface area contributed by atoms with Crippen LogP contribution in [0.15, 0.2) is 18.2 Å². The molecule has 24 heavy (non-hydrogen) atoms. The maximum atomic E-state index is 12.5. The number of hydrogen-bond acceptors (Lipinski definition) is 3. The number of aliphatic carboxylic acids is 1. The number of carboxylic acids is 1. The van der Waals surface area contributed by atoms with Crippen molar-refractivity contribution in [3.05, 3.63) is 33.8 Å². The number of rotatable bonds is 5. The summed E-state index contributed by atoms with van der Waals surface area (Å²) >= 11 is 11.9. The summed E-state index contributed by atoms with van der Waals surface area (Å²) in [6.07, 6.45) is 2.51. The van der Waals surface area contributed by atoms with E-state index in [-0.39, 0.29) is 30.5 Å². The lowest BCUT2D eigenvalue weighted by molar-refractivity contribution is -0.143. The topological polar surface area (TPSA) is 60.9 Å². The minimum Gasteiger partial charge on any atom is -0.481 e. The predicted molar refractivity (Wildman–Crippen MR) is 92.2 cm³/mol. The molecular weight excluding hydrogens is 351 g/mol. The van der Waals surface area contributed by atoms with Gasteiger partial charge in [-0.25, -0.2) is 0 Å². The second-order valence-electron chi connectivity index (χ2n) is 6.65. The molecule has 1 aromatic rings. The Morgan fingerprint density at radius 3 is 2.67 bits per heavy atom. The van der Waals surface area contributed by atoms with Crippen LogP contribution in [0.3, 0.4) is 0 Å². The highest BCUT2D eigenvalue weighted by Gasteiger charge is 2.49. The Balaban J connectivity index is 1.60. The van der Waals surface area contributed by atoms with Crippen LogP contribution in [-0.2, 0) is 16.1 Å². The monoisotopic (exact) mass is 370 g/mol. The Bertz CT molecular complexity index is 667. The second-order valence-corrected chi connectivity index (χ2v) is 7.46. The molecule has 0 spiro atoms. The molecule has 2 saturated heterocycles. The first kappa shape index (κ1) is 17.5. The van der Waals surface area contributed by atoms with Crippen molar-refractivity contribution in [3.8, 4) is 0 Å². The zero-order chi connectivity index (χ0) is 17.4. The van der Waals surface area contributed by atoms with Gasteiger partial charge in [-0.1, -0.05) is 29.3 Å². The zero-order valence-corrected chi connectivity index (χ0v) is 14.9. The summed E-state index contributed by atoms with van der Waals surface area (Å²) in [6, 6.07) is 5.54. The van der Waals surface area contributed by atoms with Crippen LogP contribution < -0.4 is 0 Å². The zero-order valence-electron chi connectivity index (χ0n) is 13.4. The highest BCUT2D eigenvalue weighted by Crippen LogP contribution is 2.41. The van der Waals surface area contributed by atoms with Gasteiger partial charge in [0.05, 0.1) is 22.5 Å². The second kappa shape index (κ2) is 6.90. The SMILES string of the molecule is CN(Cc1ccc(Cl)c(Cl)c1)C(=O)CN1C2CCC1C(C(=O)O)C2. The van der Waals surface area contributed by atoms with Gasteiger partial charge in [-0.15, -0.1) is 0 Å². The number of halogens is 2. The van der Waals surface area contributed by atoms with Crippen molar-refractivity contribution in [3.63, 3.8) is 0 Å². The summed E-state index contributed by atoms with van der Waals surface area (Å²) in [5.74, 6) is -1.09. The number of hydrogen-bond donors (Lipinski definition) is 1. The molecule has 2 heterocycles. The molecule has 2 fully saturated rings. The molecule has 3 atom stereocenters. The third kappa shape index (κ3) is 3.39. The largest absolute Gasteiger partial charge is 0.481 e. The number of carbonyl (C=O) groups is 2. The third-order valence-electron chi connectivity index (χ3n) is 5.15. The Labute approximate surface area is 151 Å². The number of amides is 1. The number of carboxylic acid groups (broad SMARTS) is 1. The van der Waals surface area contributed by atoms with Crippen molar-refractivity contribution < 1.29 is 14.7 Å². The van der Waals surface area contributed by atoms with Gasteiger partial charge < -0.3 is 10.0 Å². The Hall–Kier alpha value is -1.30. The highest BCUT2D eigenvalue weighted by molar-refractivity contribution is 6.42. The molecule has 2 aliphatic heterocycles. The van der Waals surface area contributed by atoms with E-state index in [1.54, 1.807) is 24.1 Å². The van der Waals surface area contributed by atoms with E-state index in [1.165, 1.54) is 0 Å². The van der Waals surface area contributed by atoms with Crippen molar-refractivity contribution in [2.75, 3.05) is 13.6 Å². The first-order chi connectivity index (χ1) is 11.4. The highest BCUT2D eigenvalue weighted by atomic mass is 35.5. The molecule has 1 aromatic carbocycles. The van der Waals surface area contributed by atoms with Crippen LogP contribution in [0.4, 0.5) is 0 Å². The van der Waals surface area contributed by atoms with Crippen LogP contribution in [0.1, 0.15) is 24.8 Å². The van der Waals surface area contributed by atoms with Crippen LogP contribution in [-0.4, -0.2) is 52.5 Å². The van der Waals surface area contributed by atoms with Crippen LogP contribution in [0.25, 0.3) is 0 Å². The standard InChI is InChI=1S/C17H20Cl2N2O3/c1-20(8-10-2-4-13(18)14(19)6-10)16(22)9-21-11-3-5-15(21)12(7-11)17(23)24/h2,4,6,11-12,15H,3,5,7-9H2,1H3,(H,23,24). The van der Waals surface area contributed by atoms with Crippen molar-refractivity contribution in [1.82, 2.24) is 9.80 Å². The van der Waals surface area contributed by atoms with Gasteiger partial charge in [-0.3, -0.25) is 14.5 Å². The summed E-state index contributed by atoms with van der Waals surface area (Å²) in [7, 11) is 1.75. The van der Waals surface area contributed by atoms with Gasteiger partial charge in [0.2, 0.25) is 5.91 Å². The molecule has 5 nitrogen and oxygen atoms in total. The fourth-order valence-electron chi connectivity index (χ4n) is 3.89. The van der Waals surface area contributed by atoms with Crippen LogP contribution >= 0.6 is 23.2 Å². The number of carbonyl (C=O) groups excluding carboxylic acids is 1. The van der Waals surface area contributed by atoms with E-state index < -0.39 is 5.97 Å². The Morgan fingerprint density at radius 1 is 1.29 bits per heavy atom. The molecule has 3 unspecified atom stereocenters. The molecule has 130 valence electrons. The van der Waals surface area contributed by atoms with Gasteiger partial charge in [0, 0.05) is 25.7 Å². The smallest absolute Gasteiger partial charge is 0.308 e. The third-order valence-corrected chi connectivity index (χ3v) is 5.88. The normalized spacial score (nSPS) is 25.9. The first-order valence-corrected chi connectivity index (χ1v) is 8.79. The minimum absolute atomic E-state index is 0.00479. The van der Waals surface area contributed by atoms with E-state index in [4.69, 9.17) is 23.2 Å². The number of fused-ring (bicyclic) bond motifs is 2. The van der Waals surface area contributed by atoms with E-state index in [1.807, 2.05) is 6.07 Å². The van der Waals surface area contributed by atoms with Crippen LogP contribution in [0.5, 0.6) is 0 Å².